The van der Waals surface area contributed by atoms with Crippen LogP contribution in [-0.4, -0.2) is 12.6 Å². The second-order valence-corrected chi connectivity index (χ2v) is 2.67. The summed E-state index contributed by atoms with van der Waals surface area (Å²) in [6, 6.07) is 10.1. The molecular formula is C10H10N2O. The van der Waals surface area contributed by atoms with Gasteiger partial charge in [0, 0.05) is 0 Å². The van der Waals surface area contributed by atoms with Crippen molar-refractivity contribution in [1.82, 2.24) is 5.32 Å². The highest BCUT2D eigenvalue weighted by Gasteiger charge is 1.99. The molecular weight excluding hydrogens is 164 g/mol. The summed E-state index contributed by atoms with van der Waals surface area (Å²) < 4.78 is 0. The van der Waals surface area contributed by atoms with Gasteiger partial charge in [-0.1, -0.05) is 41.6 Å². The minimum absolute atomic E-state index is 0.467. The van der Waals surface area contributed by atoms with Crippen molar-refractivity contribution >= 4 is 11.9 Å². The molecule has 0 saturated heterocycles. The van der Waals surface area contributed by atoms with Gasteiger partial charge in [0.1, 0.15) is 0 Å². The molecule has 0 unspecified atom stereocenters. The van der Waals surface area contributed by atoms with Gasteiger partial charge >= 0.3 is 0 Å². The molecule has 1 aliphatic rings. The highest BCUT2D eigenvalue weighted by molar-refractivity contribution is 5.96. The van der Waals surface area contributed by atoms with Crippen LogP contribution >= 0.6 is 0 Å². The zero-order valence-corrected chi connectivity index (χ0v) is 7.10. The molecule has 0 spiro atoms. The number of hydrogen-bond acceptors (Lipinski definition) is 3. The summed E-state index contributed by atoms with van der Waals surface area (Å²) in [5.41, 5.74) is 1.15. The van der Waals surface area contributed by atoms with Gasteiger partial charge in [-0.05, 0) is 11.6 Å². The molecule has 0 saturated carbocycles. The number of oxime groups is 1. The van der Waals surface area contributed by atoms with Gasteiger partial charge in [0.2, 0.25) is 0 Å². The fraction of sp³-hybridized carbons (Fsp3) is 0.100. The van der Waals surface area contributed by atoms with Crippen LogP contribution in [0, 0.1) is 0 Å². The van der Waals surface area contributed by atoms with Crippen LogP contribution in [0.25, 0.3) is 6.08 Å². The molecule has 3 heteroatoms. The lowest BCUT2D eigenvalue weighted by Crippen LogP contribution is -2.15. The van der Waals surface area contributed by atoms with Gasteiger partial charge in [-0.25, -0.2) is 0 Å². The molecule has 1 aromatic carbocycles. The van der Waals surface area contributed by atoms with Crippen LogP contribution in [0.15, 0.2) is 41.6 Å². The van der Waals surface area contributed by atoms with E-state index in [-0.39, 0.29) is 0 Å². The van der Waals surface area contributed by atoms with Crippen molar-refractivity contribution < 1.29 is 4.84 Å². The van der Waals surface area contributed by atoms with E-state index in [0.717, 1.165) is 11.4 Å². The molecule has 1 aliphatic heterocycles. The summed E-state index contributed by atoms with van der Waals surface area (Å²) >= 11 is 0. The summed E-state index contributed by atoms with van der Waals surface area (Å²) in [6.07, 6.45) is 3.88. The molecule has 3 nitrogen and oxygen atoms in total. The third-order valence-corrected chi connectivity index (χ3v) is 1.71. The van der Waals surface area contributed by atoms with Crippen molar-refractivity contribution in [2.75, 3.05) is 6.73 Å². The Morgan fingerprint density at radius 3 is 2.77 bits per heavy atom. The number of nitrogens with one attached hydrogen (secondary N) is 1. The maximum Gasteiger partial charge on any atom is 0.188 e. The summed E-state index contributed by atoms with van der Waals surface area (Å²) in [7, 11) is 0. The predicted molar refractivity (Wildman–Crippen MR) is 52.0 cm³/mol. The first kappa shape index (κ1) is 7.86. The monoisotopic (exact) mass is 174 g/mol. The van der Waals surface area contributed by atoms with E-state index in [4.69, 9.17) is 4.84 Å². The number of hydrogen-bond donors (Lipinski definition) is 1. The van der Waals surface area contributed by atoms with E-state index in [9.17, 15) is 0 Å². The lowest BCUT2D eigenvalue weighted by atomic mass is 10.2. The Hall–Kier alpha value is -1.77. The largest absolute Gasteiger partial charge is 0.372 e. The third-order valence-electron chi connectivity index (χ3n) is 1.71. The third kappa shape index (κ3) is 2.08. The van der Waals surface area contributed by atoms with Gasteiger partial charge in [0.05, 0.1) is 0 Å². The second kappa shape index (κ2) is 3.76. The first-order valence-electron chi connectivity index (χ1n) is 4.12. The number of benzene rings is 1. The fourth-order valence-corrected chi connectivity index (χ4v) is 1.07. The average Bonchev–Trinajstić information content (AvgIpc) is 2.69. The number of nitrogens with zero attached hydrogens (tertiary/aromatic N) is 1. The lowest BCUT2D eigenvalue weighted by molar-refractivity contribution is 0.164. The SMILES string of the molecule is C(=Cc1ccccc1)C1=NOCN1. The van der Waals surface area contributed by atoms with Crippen LogP contribution in [0.2, 0.25) is 0 Å². The molecule has 0 fully saturated rings. The first-order chi connectivity index (χ1) is 6.45. The van der Waals surface area contributed by atoms with Crippen LogP contribution in [0.3, 0.4) is 0 Å². The van der Waals surface area contributed by atoms with Crippen molar-refractivity contribution in [3.63, 3.8) is 0 Å². The second-order valence-electron chi connectivity index (χ2n) is 2.67. The molecule has 1 aromatic rings. The smallest absolute Gasteiger partial charge is 0.188 e. The Morgan fingerprint density at radius 1 is 1.23 bits per heavy atom. The molecule has 0 bridgehead atoms. The predicted octanol–water partition coefficient (Wildman–Crippen LogP) is 1.59. The first-order valence-corrected chi connectivity index (χ1v) is 4.12. The molecule has 1 heterocycles. The number of amidine groups is 1. The van der Waals surface area contributed by atoms with Crippen LogP contribution in [-0.2, 0) is 4.84 Å². The molecule has 0 amide bonds. The molecule has 1 N–H and O–H groups in total. The van der Waals surface area contributed by atoms with Gasteiger partial charge in [-0.15, -0.1) is 0 Å². The topological polar surface area (TPSA) is 33.6 Å². The van der Waals surface area contributed by atoms with Gasteiger partial charge < -0.3 is 10.2 Å². The zero-order chi connectivity index (χ0) is 8.93. The average molecular weight is 174 g/mol. The van der Waals surface area contributed by atoms with E-state index in [2.05, 4.69) is 10.5 Å². The standard InChI is InChI=1S/C10H10N2O/c1-2-4-9(5-3-1)6-7-10-11-8-13-12-10/h1-7H,8H2,(H,11,12). The molecule has 2 rings (SSSR count). The van der Waals surface area contributed by atoms with Crippen molar-refractivity contribution in [2.45, 2.75) is 0 Å². The van der Waals surface area contributed by atoms with E-state index in [1.54, 1.807) is 0 Å². The van der Waals surface area contributed by atoms with E-state index < -0.39 is 0 Å². The van der Waals surface area contributed by atoms with E-state index in [0.29, 0.717) is 6.73 Å². The Morgan fingerprint density at radius 2 is 2.08 bits per heavy atom. The molecule has 66 valence electrons. The number of rotatable bonds is 2. The highest BCUT2D eigenvalue weighted by atomic mass is 16.6. The maximum atomic E-state index is 4.77. The Labute approximate surface area is 76.7 Å². The van der Waals surface area contributed by atoms with Crippen LogP contribution < -0.4 is 5.32 Å². The molecule has 13 heavy (non-hydrogen) atoms. The van der Waals surface area contributed by atoms with Gasteiger partial charge in [0.15, 0.2) is 12.6 Å². The minimum Gasteiger partial charge on any atom is -0.372 e. The summed E-state index contributed by atoms with van der Waals surface area (Å²) in [4.78, 5) is 4.77. The van der Waals surface area contributed by atoms with E-state index in [1.807, 2.05) is 42.5 Å². The minimum atomic E-state index is 0.467. The summed E-state index contributed by atoms with van der Waals surface area (Å²) in [5.74, 6) is 0.767. The summed E-state index contributed by atoms with van der Waals surface area (Å²) in [5, 5.41) is 6.74. The van der Waals surface area contributed by atoms with E-state index >= 15 is 0 Å². The summed E-state index contributed by atoms with van der Waals surface area (Å²) in [6.45, 7) is 0.467. The van der Waals surface area contributed by atoms with Crippen molar-refractivity contribution in [3.8, 4) is 0 Å². The lowest BCUT2D eigenvalue weighted by Gasteiger charge is -1.91. The van der Waals surface area contributed by atoms with Gasteiger partial charge in [-0.2, -0.15) is 0 Å². The quantitative estimate of drug-likeness (QED) is 0.738. The van der Waals surface area contributed by atoms with Crippen LogP contribution in [0.4, 0.5) is 0 Å². The Kier molecular flexibility index (Phi) is 2.27. The van der Waals surface area contributed by atoms with Crippen molar-refractivity contribution in [3.05, 3.63) is 42.0 Å². The van der Waals surface area contributed by atoms with Gasteiger partial charge in [0.25, 0.3) is 0 Å². The van der Waals surface area contributed by atoms with Crippen LogP contribution in [0.5, 0.6) is 0 Å². The molecule has 0 atom stereocenters. The normalized spacial score (nSPS) is 15.2. The molecule has 0 radical (unpaired) electrons. The van der Waals surface area contributed by atoms with Gasteiger partial charge in [-0.3, -0.25) is 0 Å². The van der Waals surface area contributed by atoms with Crippen molar-refractivity contribution in [1.29, 1.82) is 0 Å². The Bertz CT molecular complexity index is 330. The maximum absolute atomic E-state index is 4.77. The zero-order valence-electron chi connectivity index (χ0n) is 7.10. The molecule has 0 aromatic heterocycles. The Balaban J connectivity index is 2.05. The van der Waals surface area contributed by atoms with E-state index in [1.165, 1.54) is 0 Å². The van der Waals surface area contributed by atoms with Crippen LogP contribution in [0.1, 0.15) is 5.56 Å². The van der Waals surface area contributed by atoms with Crippen molar-refractivity contribution in [2.24, 2.45) is 5.16 Å². The fourth-order valence-electron chi connectivity index (χ4n) is 1.07. The molecule has 0 aliphatic carbocycles. The highest BCUT2D eigenvalue weighted by Crippen LogP contribution is 2.01.